The van der Waals surface area contributed by atoms with E-state index in [-0.39, 0.29) is 11.9 Å². The molecule has 1 amide bonds. The molecule has 3 N–H and O–H groups in total. The summed E-state index contributed by atoms with van der Waals surface area (Å²) in [6.07, 6.45) is 2.86. The predicted molar refractivity (Wildman–Crippen MR) is 61.8 cm³/mol. The van der Waals surface area contributed by atoms with E-state index < -0.39 is 6.04 Å². The smallest absolute Gasteiger partial charge is 0.249 e. The first-order valence-electron chi connectivity index (χ1n) is 5.02. The minimum Gasteiger partial charge on any atom is -0.316 e. The van der Waals surface area contributed by atoms with E-state index in [4.69, 9.17) is 5.73 Å². The third-order valence-electron chi connectivity index (χ3n) is 2.16. The second-order valence-corrected chi connectivity index (χ2v) is 3.34. The molecule has 6 nitrogen and oxygen atoms in total. The minimum absolute atomic E-state index is 0.142. The zero-order valence-corrected chi connectivity index (χ0v) is 8.95. The Morgan fingerprint density at radius 1 is 1.24 bits per heavy atom. The van der Waals surface area contributed by atoms with Crippen LogP contribution in [0.5, 0.6) is 0 Å². The number of anilines is 1. The Kier molecular flexibility index (Phi) is 3.37. The van der Waals surface area contributed by atoms with Crippen LogP contribution in [0.2, 0.25) is 0 Å². The Morgan fingerprint density at radius 3 is 2.65 bits per heavy atom. The number of rotatable bonds is 3. The van der Waals surface area contributed by atoms with Gasteiger partial charge in [0.05, 0.1) is 12.4 Å². The van der Waals surface area contributed by atoms with E-state index in [0.29, 0.717) is 0 Å². The van der Waals surface area contributed by atoms with Gasteiger partial charge in [0, 0.05) is 0 Å². The highest BCUT2D eigenvalue weighted by Gasteiger charge is 2.16. The summed E-state index contributed by atoms with van der Waals surface area (Å²) in [5, 5.41) is 9.74. The lowest BCUT2D eigenvalue weighted by Crippen LogP contribution is -2.28. The van der Waals surface area contributed by atoms with Crippen molar-refractivity contribution in [3.05, 3.63) is 48.3 Å². The first-order chi connectivity index (χ1) is 8.27. The third-order valence-corrected chi connectivity index (χ3v) is 2.16. The van der Waals surface area contributed by atoms with Crippen LogP contribution in [-0.4, -0.2) is 21.1 Å². The molecule has 1 aromatic heterocycles. The van der Waals surface area contributed by atoms with Crippen LogP contribution in [0, 0.1) is 0 Å². The van der Waals surface area contributed by atoms with Gasteiger partial charge < -0.3 is 5.73 Å². The van der Waals surface area contributed by atoms with Gasteiger partial charge in [-0.1, -0.05) is 30.3 Å². The van der Waals surface area contributed by atoms with Gasteiger partial charge in [0.25, 0.3) is 0 Å². The maximum Gasteiger partial charge on any atom is 0.249 e. The summed E-state index contributed by atoms with van der Waals surface area (Å²) in [5.41, 5.74) is 6.53. The van der Waals surface area contributed by atoms with Crippen LogP contribution in [-0.2, 0) is 4.79 Å². The molecule has 0 radical (unpaired) electrons. The number of hydrogen-bond donors (Lipinski definition) is 2. The quantitative estimate of drug-likeness (QED) is 0.799. The minimum atomic E-state index is -0.750. The molecule has 0 saturated heterocycles. The number of aromatic nitrogens is 3. The number of nitrogens with two attached hydrogens (primary N) is 1. The van der Waals surface area contributed by atoms with E-state index in [0.717, 1.165) is 5.56 Å². The summed E-state index contributed by atoms with van der Waals surface area (Å²) >= 11 is 0. The van der Waals surface area contributed by atoms with Crippen LogP contribution in [0.1, 0.15) is 11.6 Å². The van der Waals surface area contributed by atoms with Crippen molar-refractivity contribution >= 4 is 11.9 Å². The lowest BCUT2D eigenvalue weighted by atomic mass is 10.1. The lowest BCUT2D eigenvalue weighted by Gasteiger charge is -2.10. The number of nitrogens with zero attached hydrogens (tertiary/aromatic N) is 3. The van der Waals surface area contributed by atoms with Crippen LogP contribution in [0.15, 0.2) is 42.7 Å². The number of carbonyl (C=O) groups is 1. The van der Waals surface area contributed by atoms with E-state index in [1.807, 2.05) is 18.2 Å². The molecule has 86 valence electrons. The summed E-state index contributed by atoms with van der Waals surface area (Å²) in [6.45, 7) is 0. The summed E-state index contributed by atoms with van der Waals surface area (Å²) in [4.78, 5) is 15.6. The summed E-state index contributed by atoms with van der Waals surface area (Å²) in [6, 6.07) is 8.33. The average molecular weight is 229 g/mol. The van der Waals surface area contributed by atoms with Crippen LogP contribution < -0.4 is 11.1 Å². The second kappa shape index (κ2) is 5.13. The molecule has 0 unspecified atom stereocenters. The highest BCUT2D eigenvalue weighted by atomic mass is 16.2. The largest absolute Gasteiger partial charge is 0.316 e. The molecule has 0 spiro atoms. The Hall–Kier alpha value is -2.34. The van der Waals surface area contributed by atoms with Crippen molar-refractivity contribution in [2.75, 3.05) is 5.32 Å². The van der Waals surface area contributed by atoms with Gasteiger partial charge in [-0.15, -0.1) is 5.10 Å². The monoisotopic (exact) mass is 229 g/mol. The Bertz CT molecular complexity index is 488. The van der Waals surface area contributed by atoms with Gasteiger partial charge in [0.2, 0.25) is 11.9 Å². The highest BCUT2D eigenvalue weighted by Crippen LogP contribution is 2.10. The van der Waals surface area contributed by atoms with E-state index in [1.165, 1.54) is 12.4 Å². The van der Waals surface area contributed by atoms with E-state index in [1.54, 1.807) is 12.1 Å². The van der Waals surface area contributed by atoms with Gasteiger partial charge in [-0.3, -0.25) is 10.1 Å². The molecule has 2 aromatic rings. The number of carbonyl (C=O) groups excluding carboxylic acids is 1. The third kappa shape index (κ3) is 2.82. The molecule has 0 aliphatic rings. The fourth-order valence-electron chi connectivity index (χ4n) is 1.30. The van der Waals surface area contributed by atoms with E-state index in [2.05, 4.69) is 20.5 Å². The summed E-state index contributed by atoms with van der Waals surface area (Å²) in [7, 11) is 0. The number of amides is 1. The zero-order chi connectivity index (χ0) is 12.1. The zero-order valence-electron chi connectivity index (χ0n) is 8.95. The molecule has 0 saturated carbocycles. The van der Waals surface area contributed by atoms with Crippen molar-refractivity contribution < 1.29 is 4.79 Å². The fourth-order valence-corrected chi connectivity index (χ4v) is 1.30. The molecule has 0 aliphatic heterocycles. The normalized spacial score (nSPS) is 11.8. The molecule has 6 heteroatoms. The first-order valence-corrected chi connectivity index (χ1v) is 5.02. The van der Waals surface area contributed by atoms with Gasteiger partial charge >= 0.3 is 0 Å². The molecule has 0 bridgehead atoms. The maximum atomic E-state index is 11.8. The fraction of sp³-hybridized carbons (Fsp3) is 0.0909. The lowest BCUT2D eigenvalue weighted by molar-refractivity contribution is -0.117. The van der Waals surface area contributed by atoms with Gasteiger partial charge in [-0.05, 0) is 5.56 Å². The second-order valence-electron chi connectivity index (χ2n) is 3.34. The van der Waals surface area contributed by atoms with E-state index >= 15 is 0 Å². The van der Waals surface area contributed by atoms with Crippen molar-refractivity contribution in [3.8, 4) is 0 Å². The van der Waals surface area contributed by atoms with Crippen LogP contribution >= 0.6 is 0 Å². The number of hydrogen-bond acceptors (Lipinski definition) is 5. The maximum absolute atomic E-state index is 11.8. The van der Waals surface area contributed by atoms with Crippen molar-refractivity contribution in [1.82, 2.24) is 15.2 Å². The van der Waals surface area contributed by atoms with Crippen molar-refractivity contribution in [3.63, 3.8) is 0 Å². The van der Waals surface area contributed by atoms with Crippen LogP contribution in [0.4, 0.5) is 5.95 Å². The predicted octanol–water partition coefficient (Wildman–Crippen LogP) is 0.510. The molecule has 2 rings (SSSR count). The number of benzene rings is 1. The topological polar surface area (TPSA) is 93.8 Å². The molecule has 17 heavy (non-hydrogen) atoms. The molecule has 0 fully saturated rings. The summed E-state index contributed by atoms with van der Waals surface area (Å²) < 4.78 is 0. The molecular weight excluding hydrogens is 218 g/mol. The standard InChI is InChI=1S/C11H11N5O/c12-9(8-4-2-1-3-5-8)10(17)15-11-13-6-7-14-16-11/h1-7,9H,12H2,(H,13,15,16,17)/t9-/m0/s1. The average Bonchev–Trinajstić information content (AvgIpc) is 2.40. The van der Waals surface area contributed by atoms with Gasteiger partial charge in [0.15, 0.2) is 0 Å². The molecule has 1 heterocycles. The molecule has 1 aromatic carbocycles. The van der Waals surface area contributed by atoms with Crippen molar-refractivity contribution in [2.24, 2.45) is 5.73 Å². The Labute approximate surface area is 97.9 Å². The highest BCUT2D eigenvalue weighted by molar-refractivity contribution is 5.93. The summed E-state index contributed by atoms with van der Waals surface area (Å²) in [5.74, 6) is -0.229. The number of nitrogens with one attached hydrogen (secondary N) is 1. The van der Waals surface area contributed by atoms with Crippen LogP contribution in [0.3, 0.4) is 0 Å². The van der Waals surface area contributed by atoms with Gasteiger partial charge in [-0.2, -0.15) is 5.10 Å². The van der Waals surface area contributed by atoms with Crippen LogP contribution in [0.25, 0.3) is 0 Å². The Balaban J connectivity index is 2.06. The van der Waals surface area contributed by atoms with E-state index in [9.17, 15) is 4.79 Å². The molecular formula is C11H11N5O. The van der Waals surface area contributed by atoms with Crippen molar-refractivity contribution in [1.29, 1.82) is 0 Å². The molecule has 0 aliphatic carbocycles. The Morgan fingerprint density at radius 2 is 2.00 bits per heavy atom. The first kappa shape index (κ1) is 11.2. The SMILES string of the molecule is N[C@H](C(=O)Nc1nccnn1)c1ccccc1. The van der Waals surface area contributed by atoms with Gasteiger partial charge in [-0.25, -0.2) is 4.98 Å². The van der Waals surface area contributed by atoms with Gasteiger partial charge in [0.1, 0.15) is 6.04 Å². The van der Waals surface area contributed by atoms with Crippen molar-refractivity contribution in [2.45, 2.75) is 6.04 Å². The molecule has 1 atom stereocenters.